The summed E-state index contributed by atoms with van der Waals surface area (Å²) in [5.74, 6) is -1.02. The quantitative estimate of drug-likeness (QED) is 0.304. The molecule has 0 spiro atoms. The van der Waals surface area contributed by atoms with Crippen molar-refractivity contribution in [2.24, 2.45) is 0 Å². The number of ether oxygens (including phenoxy) is 3. The van der Waals surface area contributed by atoms with Gasteiger partial charge in [-0.05, 0) is 24.3 Å². The standard InChI is InChI=1S/C26H22ClNO6/c1-32-19-12-8-7-11-16(19)23-22(25(30)26(31)28(23)15-9-5-4-6-10-15)24(29)17-13-18(27)21(34-3)14-20(17)33-2/h4-14,23,29H,1-3H3/b24-22+. The van der Waals surface area contributed by atoms with Gasteiger partial charge in [0.15, 0.2) is 0 Å². The van der Waals surface area contributed by atoms with Crippen molar-refractivity contribution < 1.29 is 28.9 Å². The molecule has 174 valence electrons. The molecule has 0 radical (unpaired) electrons. The number of carbonyl (C=O) groups excluding carboxylic acids is 2. The molecule has 3 aromatic rings. The lowest BCUT2D eigenvalue weighted by molar-refractivity contribution is -0.132. The summed E-state index contributed by atoms with van der Waals surface area (Å²) >= 11 is 6.30. The third kappa shape index (κ3) is 3.84. The summed E-state index contributed by atoms with van der Waals surface area (Å²) in [5, 5.41) is 11.6. The molecular weight excluding hydrogens is 458 g/mol. The summed E-state index contributed by atoms with van der Waals surface area (Å²) in [6.07, 6.45) is 0. The van der Waals surface area contributed by atoms with Gasteiger partial charge in [-0.2, -0.15) is 0 Å². The molecule has 1 N–H and O–H groups in total. The molecule has 0 aromatic heterocycles. The topological polar surface area (TPSA) is 85.3 Å². The molecule has 0 aliphatic carbocycles. The molecule has 1 atom stereocenters. The van der Waals surface area contributed by atoms with Crippen LogP contribution < -0.4 is 19.1 Å². The average Bonchev–Trinajstić information content (AvgIpc) is 3.13. The summed E-state index contributed by atoms with van der Waals surface area (Å²) in [6.45, 7) is 0. The van der Waals surface area contributed by atoms with Crippen molar-refractivity contribution in [1.82, 2.24) is 0 Å². The maximum atomic E-state index is 13.3. The SMILES string of the molecule is COc1cc(OC)c(/C(O)=C2\C(=O)C(=O)N(c3ccccc3)C2c2ccccc2OC)cc1Cl. The van der Waals surface area contributed by atoms with Crippen molar-refractivity contribution in [3.63, 3.8) is 0 Å². The zero-order chi connectivity index (χ0) is 24.4. The highest BCUT2D eigenvalue weighted by Crippen LogP contribution is 2.46. The molecule has 8 heteroatoms. The number of amides is 1. The highest BCUT2D eigenvalue weighted by atomic mass is 35.5. The fraction of sp³-hybridized carbons (Fsp3) is 0.154. The van der Waals surface area contributed by atoms with E-state index in [2.05, 4.69) is 0 Å². The summed E-state index contributed by atoms with van der Waals surface area (Å²) < 4.78 is 16.2. The minimum atomic E-state index is -0.955. The Labute approximate surface area is 201 Å². The molecular formula is C26H22ClNO6. The van der Waals surface area contributed by atoms with Crippen LogP contribution in [0.25, 0.3) is 5.76 Å². The van der Waals surface area contributed by atoms with Gasteiger partial charge in [-0.1, -0.05) is 48.0 Å². The van der Waals surface area contributed by atoms with Gasteiger partial charge in [0.05, 0.1) is 43.5 Å². The number of Topliss-reactive ketones (excluding diaryl/α,β-unsaturated/α-hetero) is 1. The Morgan fingerprint density at radius 2 is 1.47 bits per heavy atom. The summed E-state index contributed by atoms with van der Waals surface area (Å²) in [4.78, 5) is 28.0. The van der Waals surface area contributed by atoms with Gasteiger partial charge in [0.2, 0.25) is 0 Å². The summed E-state index contributed by atoms with van der Waals surface area (Å²) in [7, 11) is 4.37. The fourth-order valence-corrected chi connectivity index (χ4v) is 4.31. The monoisotopic (exact) mass is 479 g/mol. The maximum absolute atomic E-state index is 13.3. The zero-order valence-corrected chi connectivity index (χ0v) is 19.5. The predicted octanol–water partition coefficient (Wildman–Crippen LogP) is 4.99. The lowest BCUT2D eigenvalue weighted by Crippen LogP contribution is -2.29. The molecule has 0 bridgehead atoms. The number of halogens is 1. The highest BCUT2D eigenvalue weighted by molar-refractivity contribution is 6.51. The number of rotatable bonds is 6. The maximum Gasteiger partial charge on any atom is 0.300 e. The zero-order valence-electron chi connectivity index (χ0n) is 18.7. The number of aliphatic hydroxyl groups is 1. The number of benzene rings is 3. The Bertz CT molecular complexity index is 1290. The van der Waals surface area contributed by atoms with Gasteiger partial charge < -0.3 is 19.3 Å². The van der Waals surface area contributed by atoms with E-state index in [0.717, 1.165) is 0 Å². The van der Waals surface area contributed by atoms with Crippen molar-refractivity contribution in [1.29, 1.82) is 0 Å². The molecule has 1 saturated heterocycles. The Morgan fingerprint density at radius 1 is 0.853 bits per heavy atom. The third-order valence-electron chi connectivity index (χ3n) is 5.64. The lowest BCUT2D eigenvalue weighted by Gasteiger charge is -2.26. The van der Waals surface area contributed by atoms with E-state index in [1.807, 2.05) is 6.07 Å². The van der Waals surface area contributed by atoms with Crippen molar-refractivity contribution in [2.75, 3.05) is 26.2 Å². The second kappa shape index (κ2) is 9.49. The van der Waals surface area contributed by atoms with E-state index in [1.54, 1.807) is 48.5 Å². The van der Waals surface area contributed by atoms with E-state index in [0.29, 0.717) is 22.7 Å². The van der Waals surface area contributed by atoms with Crippen LogP contribution in [0.2, 0.25) is 5.02 Å². The number of methoxy groups -OCH3 is 3. The normalized spacial score (nSPS) is 17.1. The molecule has 34 heavy (non-hydrogen) atoms. The van der Waals surface area contributed by atoms with Gasteiger partial charge in [-0.15, -0.1) is 0 Å². The minimum Gasteiger partial charge on any atom is -0.507 e. The van der Waals surface area contributed by atoms with Crippen molar-refractivity contribution in [3.05, 3.63) is 88.5 Å². The molecule has 4 rings (SSSR count). The number of nitrogens with zero attached hydrogens (tertiary/aromatic N) is 1. The van der Waals surface area contributed by atoms with Crippen LogP contribution in [0, 0.1) is 0 Å². The van der Waals surface area contributed by atoms with Crippen LogP contribution in [0.4, 0.5) is 5.69 Å². The third-order valence-corrected chi connectivity index (χ3v) is 5.94. The first-order valence-electron chi connectivity index (χ1n) is 10.3. The lowest BCUT2D eigenvalue weighted by atomic mass is 9.94. The Balaban J connectivity index is 2.02. The van der Waals surface area contributed by atoms with E-state index < -0.39 is 23.5 Å². The molecule has 1 fully saturated rings. The second-order valence-electron chi connectivity index (χ2n) is 7.43. The van der Waals surface area contributed by atoms with Gasteiger partial charge in [-0.25, -0.2) is 0 Å². The first-order chi connectivity index (χ1) is 16.4. The molecule has 1 unspecified atom stereocenters. The van der Waals surface area contributed by atoms with E-state index in [4.69, 9.17) is 25.8 Å². The number of carbonyl (C=O) groups is 2. The Kier molecular flexibility index (Phi) is 6.47. The second-order valence-corrected chi connectivity index (χ2v) is 7.84. The van der Waals surface area contributed by atoms with Gasteiger partial charge in [0, 0.05) is 17.3 Å². The molecule has 1 aliphatic heterocycles. The average molecular weight is 480 g/mol. The molecule has 1 heterocycles. The first kappa shape index (κ1) is 23.2. The van der Waals surface area contributed by atoms with E-state index >= 15 is 0 Å². The van der Waals surface area contributed by atoms with Crippen molar-refractivity contribution >= 4 is 34.7 Å². The number of ketones is 1. The van der Waals surface area contributed by atoms with Crippen LogP contribution in [0.3, 0.4) is 0 Å². The summed E-state index contributed by atoms with van der Waals surface area (Å²) in [6, 6.07) is 17.8. The number of hydrogen-bond acceptors (Lipinski definition) is 6. The minimum absolute atomic E-state index is 0.113. The van der Waals surface area contributed by atoms with Gasteiger partial charge in [-0.3, -0.25) is 14.5 Å². The highest BCUT2D eigenvalue weighted by Gasteiger charge is 2.48. The molecule has 7 nitrogen and oxygen atoms in total. The summed E-state index contributed by atoms with van der Waals surface area (Å²) in [5.41, 5.74) is 1.07. The number of aliphatic hydroxyl groups excluding tert-OH is 1. The van der Waals surface area contributed by atoms with Gasteiger partial charge >= 0.3 is 0 Å². The van der Waals surface area contributed by atoms with Crippen molar-refractivity contribution in [3.8, 4) is 17.2 Å². The molecule has 0 saturated carbocycles. The van der Waals surface area contributed by atoms with E-state index in [9.17, 15) is 14.7 Å². The van der Waals surface area contributed by atoms with Gasteiger partial charge in [0.25, 0.3) is 11.7 Å². The Hall–Kier alpha value is -3.97. The molecule has 1 aliphatic rings. The van der Waals surface area contributed by atoms with Crippen LogP contribution in [-0.2, 0) is 9.59 Å². The number of para-hydroxylation sites is 2. The van der Waals surface area contributed by atoms with Crippen LogP contribution in [0.5, 0.6) is 17.2 Å². The van der Waals surface area contributed by atoms with Crippen molar-refractivity contribution in [2.45, 2.75) is 6.04 Å². The van der Waals surface area contributed by atoms with Crippen LogP contribution in [-0.4, -0.2) is 38.1 Å². The van der Waals surface area contributed by atoms with Gasteiger partial charge in [0.1, 0.15) is 23.0 Å². The smallest absolute Gasteiger partial charge is 0.300 e. The molecule has 3 aromatic carbocycles. The Morgan fingerprint density at radius 3 is 2.12 bits per heavy atom. The number of hydrogen-bond donors (Lipinski definition) is 1. The fourth-order valence-electron chi connectivity index (χ4n) is 4.06. The largest absolute Gasteiger partial charge is 0.507 e. The molecule has 1 amide bonds. The van der Waals surface area contributed by atoms with Crippen LogP contribution in [0.15, 0.2) is 72.3 Å². The van der Waals surface area contributed by atoms with Crippen LogP contribution in [0.1, 0.15) is 17.2 Å². The van der Waals surface area contributed by atoms with Crippen LogP contribution >= 0.6 is 11.6 Å². The number of anilines is 1. The first-order valence-corrected chi connectivity index (χ1v) is 10.7. The van der Waals surface area contributed by atoms with E-state index in [1.165, 1.54) is 38.4 Å². The predicted molar refractivity (Wildman–Crippen MR) is 129 cm³/mol. The van der Waals surface area contributed by atoms with E-state index in [-0.39, 0.29) is 21.9 Å².